The fourth-order valence-electron chi connectivity index (χ4n) is 10.6. The second kappa shape index (κ2) is 7.95. The largest absolute Gasteiger partial charge is 0.472 e. The highest BCUT2D eigenvalue weighted by Gasteiger charge is 2.97. The van der Waals surface area contributed by atoms with Crippen molar-refractivity contribution >= 4 is 23.9 Å². The average Bonchev–Trinajstić information content (AvgIpc) is 3.55. The van der Waals surface area contributed by atoms with E-state index in [4.69, 9.17) is 28.1 Å². The summed E-state index contributed by atoms with van der Waals surface area (Å²) in [7, 11) is 0. The smallest absolute Gasteiger partial charge is 0.309 e. The van der Waals surface area contributed by atoms with Crippen LogP contribution in [0.25, 0.3) is 0 Å². The molecule has 2 bridgehead atoms. The average molecular weight is 589 g/mol. The fourth-order valence-corrected chi connectivity index (χ4v) is 10.6. The topological polar surface area (TPSA) is 168 Å². The SMILES string of the molecule is CC(=O)O[C@H]1C(C)(C)[C@@H]2CC(=O)OC[C@@]23[C@H]2CC[C@@]4(C)[C@H](c5ccoc5)OC(=O)C[C@@]4(O)[C@@]24C[C@]1(OC(C)=O)[C@]3(O)O4. The molecule has 1 aromatic heterocycles. The van der Waals surface area contributed by atoms with Crippen LogP contribution in [0.2, 0.25) is 0 Å². The van der Waals surface area contributed by atoms with Crippen molar-refractivity contribution in [2.45, 2.75) is 102 Å². The number of carbonyl (C=O) groups is 4. The number of furan rings is 1. The van der Waals surface area contributed by atoms with Crippen LogP contribution in [0.15, 0.2) is 23.0 Å². The molecule has 2 spiro atoms. The van der Waals surface area contributed by atoms with E-state index in [1.807, 2.05) is 20.8 Å². The maximum atomic E-state index is 13.3. The van der Waals surface area contributed by atoms with Gasteiger partial charge in [-0.05, 0) is 24.8 Å². The Kier molecular flexibility index (Phi) is 5.27. The summed E-state index contributed by atoms with van der Waals surface area (Å²) in [6.45, 7) is 7.60. The number of cyclic esters (lactones) is 2. The molecule has 0 aromatic carbocycles. The Labute approximate surface area is 241 Å². The molecule has 4 aliphatic heterocycles. The van der Waals surface area contributed by atoms with Gasteiger partial charge in [-0.25, -0.2) is 0 Å². The number of aliphatic hydroxyl groups is 2. The summed E-state index contributed by atoms with van der Waals surface area (Å²) in [6.07, 6.45) is 0.690. The summed E-state index contributed by atoms with van der Waals surface area (Å²) < 4.78 is 35.6. The number of ether oxygens (including phenoxy) is 5. The predicted molar refractivity (Wildman–Crippen MR) is 137 cm³/mol. The standard InChI is InChI=1S/C30H36O12/c1-15(31)39-23-24(3,4)19-10-20(33)38-14-26(19)18-6-8-25(5)22(17-7-9-37-12-17)40-21(34)11-29(25,35)27(18)13-28(23,41-16(2)32)30(26,36)42-27/h7,9,12,18-19,22-23,35-36H,6,8,10-11,13-14H2,1-5H3/t18-,19+,22+,23+,25+,26-,27-,28-,29+,30-/m1/s1. The zero-order valence-electron chi connectivity index (χ0n) is 24.3. The molecule has 228 valence electrons. The van der Waals surface area contributed by atoms with Gasteiger partial charge in [0.2, 0.25) is 11.4 Å². The van der Waals surface area contributed by atoms with Crippen molar-refractivity contribution in [3.8, 4) is 0 Å². The molecule has 0 unspecified atom stereocenters. The van der Waals surface area contributed by atoms with E-state index < -0.39 is 93.2 Å². The molecule has 6 fully saturated rings. The van der Waals surface area contributed by atoms with E-state index in [9.17, 15) is 29.4 Å². The Bertz CT molecular complexity index is 1400. The summed E-state index contributed by atoms with van der Waals surface area (Å²) in [4.78, 5) is 51.6. The van der Waals surface area contributed by atoms with E-state index in [1.165, 1.54) is 26.4 Å². The molecule has 4 saturated heterocycles. The molecule has 42 heavy (non-hydrogen) atoms. The van der Waals surface area contributed by atoms with Crippen LogP contribution < -0.4 is 0 Å². The third kappa shape index (κ3) is 2.76. The molecule has 7 rings (SSSR count). The van der Waals surface area contributed by atoms with Crippen LogP contribution in [-0.4, -0.2) is 69.4 Å². The molecule has 2 N–H and O–H groups in total. The summed E-state index contributed by atoms with van der Waals surface area (Å²) in [6, 6.07) is 1.67. The monoisotopic (exact) mass is 588 g/mol. The van der Waals surface area contributed by atoms with E-state index in [1.54, 1.807) is 6.07 Å². The van der Waals surface area contributed by atoms with Crippen LogP contribution in [0, 0.1) is 28.1 Å². The second-order valence-corrected chi connectivity index (χ2v) is 14.0. The maximum Gasteiger partial charge on any atom is 0.309 e. The van der Waals surface area contributed by atoms with Crippen LogP contribution in [0.5, 0.6) is 0 Å². The Hall–Kier alpha value is -2.96. The van der Waals surface area contributed by atoms with Gasteiger partial charge in [0.15, 0.2) is 6.10 Å². The number of fused-ring (bicyclic) bond motifs is 1. The molecule has 0 radical (unpaired) electrons. The molecule has 2 saturated carbocycles. The molecule has 12 heteroatoms. The van der Waals surface area contributed by atoms with Gasteiger partial charge in [-0.3, -0.25) is 19.2 Å². The minimum atomic E-state index is -2.34. The maximum absolute atomic E-state index is 13.3. The first-order valence-corrected chi connectivity index (χ1v) is 14.4. The quantitative estimate of drug-likeness (QED) is 0.390. The van der Waals surface area contributed by atoms with Crippen molar-refractivity contribution in [3.05, 3.63) is 24.2 Å². The van der Waals surface area contributed by atoms with Gasteiger partial charge in [-0.1, -0.05) is 20.8 Å². The molecule has 1 aromatic rings. The van der Waals surface area contributed by atoms with E-state index in [0.29, 0.717) is 18.4 Å². The minimum Gasteiger partial charge on any atom is -0.472 e. The molecule has 12 nitrogen and oxygen atoms in total. The fraction of sp³-hybridized carbons (Fsp3) is 0.733. The zero-order chi connectivity index (χ0) is 30.3. The van der Waals surface area contributed by atoms with Crippen molar-refractivity contribution in [2.75, 3.05) is 6.61 Å². The van der Waals surface area contributed by atoms with Gasteiger partial charge in [-0.15, -0.1) is 0 Å². The zero-order valence-corrected chi connectivity index (χ0v) is 24.3. The lowest BCUT2D eigenvalue weighted by Crippen LogP contribution is -2.84. The van der Waals surface area contributed by atoms with Crippen LogP contribution in [-0.2, 0) is 42.9 Å². The van der Waals surface area contributed by atoms with Crippen LogP contribution in [0.4, 0.5) is 0 Å². The van der Waals surface area contributed by atoms with Gasteiger partial charge in [0.1, 0.15) is 23.9 Å². The lowest BCUT2D eigenvalue weighted by Gasteiger charge is -2.71. The molecular formula is C30H36O12. The molecule has 2 aliphatic carbocycles. The van der Waals surface area contributed by atoms with Crippen molar-refractivity contribution in [1.29, 1.82) is 0 Å². The molecule has 5 heterocycles. The lowest BCUT2D eigenvalue weighted by molar-refractivity contribution is -0.388. The molecule has 0 amide bonds. The highest BCUT2D eigenvalue weighted by molar-refractivity contribution is 5.75. The predicted octanol–water partition coefficient (Wildman–Crippen LogP) is 2.10. The van der Waals surface area contributed by atoms with E-state index >= 15 is 0 Å². The Balaban J connectivity index is 1.51. The second-order valence-electron chi connectivity index (χ2n) is 14.0. The first-order valence-electron chi connectivity index (χ1n) is 14.4. The summed E-state index contributed by atoms with van der Waals surface area (Å²) in [5, 5.41) is 26.1. The minimum absolute atomic E-state index is 0.117. The number of hydrogen-bond acceptors (Lipinski definition) is 12. The Morgan fingerprint density at radius 2 is 1.79 bits per heavy atom. The van der Waals surface area contributed by atoms with Gasteiger partial charge < -0.3 is 38.3 Å². The number of rotatable bonds is 3. The van der Waals surface area contributed by atoms with Gasteiger partial charge >= 0.3 is 23.9 Å². The van der Waals surface area contributed by atoms with Crippen LogP contribution in [0.1, 0.15) is 78.4 Å². The van der Waals surface area contributed by atoms with Crippen molar-refractivity contribution in [1.82, 2.24) is 0 Å². The first-order chi connectivity index (χ1) is 19.5. The number of hydrogen-bond donors (Lipinski definition) is 2. The van der Waals surface area contributed by atoms with E-state index in [0.717, 1.165) is 0 Å². The Morgan fingerprint density at radius 1 is 1.05 bits per heavy atom. The summed E-state index contributed by atoms with van der Waals surface area (Å²) in [5.41, 5.74) is -8.57. The van der Waals surface area contributed by atoms with Gasteiger partial charge in [0.25, 0.3) is 0 Å². The number of esters is 4. The molecule has 6 aliphatic rings. The first kappa shape index (κ1) is 27.8. The molecule has 10 atom stereocenters. The van der Waals surface area contributed by atoms with Gasteiger partial charge in [-0.2, -0.15) is 0 Å². The molecular weight excluding hydrogens is 552 g/mol. The van der Waals surface area contributed by atoms with Crippen LogP contribution in [0.3, 0.4) is 0 Å². The van der Waals surface area contributed by atoms with Gasteiger partial charge in [0, 0.05) is 49.0 Å². The normalized spacial score (nSPS) is 49.6. The third-order valence-electron chi connectivity index (χ3n) is 12.0. The Morgan fingerprint density at radius 3 is 2.43 bits per heavy atom. The third-order valence-corrected chi connectivity index (χ3v) is 12.0. The summed E-state index contributed by atoms with van der Waals surface area (Å²) >= 11 is 0. The van der Waals surface area contributed by atoms with Gasteiger partial charge in [0.05, 0.1) is 24.4 Å². The van der Waals surface area contributed by atoms with Crippen LogP contribution >= 0.6 is 0 Å². The van der Waals surface area contributed by atoms with Crippen molar-refractivity contribution in [3.63, 3.8) is 0 Å². The number of carbonyl (C=O) groups excluding carboxylic acids is 4. The summed E-state index contributed by atoms with van der Waals surface area (Å²) in [5.74, 6) is -6.22. The lowest BCUT2D eigenvalue weighted by atomic mass is 9.34. The van der Waals surface area contributed by atoms with Crippen molar-refractivity contribution < 1.29 is 57.5 Å². The van der Waals surface area contributed by atoms with E-state index in [2.05, 4.69) is 0 Å². The highest BCUT2D eigenvalue weighted by Crippen LogP contribution is 2.84. The van der Waals surface area contributed by atoms with E-state index in [-0.39, 0.29) is 19.4 Å². The highest BCUT2D eigenvalue weighted by atomic mass is 16.7. The van der Waals surface area contributed by atoms with Crippen molar-refractivity contribution in [2.24, 2.45) is 28.1 Å².